The summed E-state index contributed by atoms with van der Waals surface area (Å²) in [4.78, 5) is 7.18. The van der Waals surface area contributed by atoms with Crippen molar-refractivity contribution >= 4 is 29.9 Å². The van der Waals surface area contributed by atoms with E-state index >= 15 is 0 Å². The summed E-state index contributed by atoms with van der Waals surface area (Å²) in [5.41, 5.74) is 1.25. The molecular formula is C19H33IN4O2. The van der Waals surface area contributed by atoms with Crippen LogP contribution in [0.1, 0.15) is 19.4 Å². The number of ether oxygens (including phenoxy) is 2. The van der Waals surface area contributed by atoms with Crippen molar-refractivity contribution in [3.05, 3.63) is 29.8 Å². The molecule has 1 aromatic rings. The SMILES string of the molecule is CCNC(=NCC(C)N1CCOCC1)NCCc1cccc(OC)c1.I. The summed E-state index contributed by atoms with van der Waals surface area (Å²) in [5.74, 6) is 1.78. The van der Waals surface area contributed by atoms with Crippen molar-refractivity contribution in [1.29, 1.82) is 0 Å². The maximum Gasteiger partial charge on any atom is 0.191 e. The van der Waals surface area contributed by atoms with Gasteiger partial charge in [0.2, 0.25) is 0 Å². The first kappa shape index (κ1) is 23.0. The van der Waals surface area contributed by atoms with E-state index in [0.717, 1.165) is 64.1 Å². The molecule has 0 aromatic heterocycles. The predicted molar refractivity (Wildman–Crippen MR) is 118 cm³/mol. The zero-order valence-corrected chi connectivity index (χ0v) is 18.5. The van der Waals surface area contributed by atoms with Crippen LogP contribution < -0.4 is 15.4 Å². The van der Waals surface area contributed by atoms with Crippen molar-refractivity contribution in [2.45, 2.75) is 26.3 Å². The first-order valence-corrected chi connectivity index (χ1v) is 9.19. The van der Waals surface area contributed by atoms with Gasteiger partial charge in [0.15, 0.2) is 5.96 Å². The minimum absolute atomic E-state index is 0. The highest BCUT2D eigenvalue weighted by molar-refractivity contribution is 14.0. The Hall–Kier alpha value is -1.06. The van der Waals surface area contributed by atoms with Gasteiger partial charge in [0.05, 0.1) is 26.9 Å². The van der Waals surface area contributed by atoms with Crippen molar-refractivity contribution in [3.8, 4) is 5.75 Å². The fourth-order valence-electron chi connectivity index (χ4n) is 2.85. The average molecular weight is 476 g/mol. The molecule has 0 amide bonds. The summed E-state index contributed by atoms with van der Waals surface area (Å²) in [7, 11) is 1.70. The Balaban J connectivity index is 0.00000338. The molecule has 1 aromatic carbocycles. The molecule has 1 aliphatic rings. The quantitative estimate of drug-likeness (QED) is 0.342. The molecule has 0 bridgehead atoms. The highest BCUT2D eigenvalue weighted by atomic mass is 127. The second-order valence-corrected chi connectivity index (χ2v) is 6.25. The Kier molecular flexibility index (Phi) is 11.6. The molecule has 1 heterocycles. The van der Waals surface area contributed by atoms with E-state index in [0.29, 0.717) is 6.04 Å². The molecule has 26 heavy (non-hydrogen) atoms. The standard InChI is InChI=1S/C19H32N4O2.HI/c1-4-20-19(22-15-16(2)23-10-12-25-13-11-23)21-9-8-17-6-5-7-18(14-17)24-3;/h5-7,14,16H,4,8-13,15H2,1-3H3,(H2,20,21,22);1H. The van der Waals surface area contributed by atoms with E-state index in [1.807, 2.05) is 12.1 Å². The largest absolute Gasteiger partial charge is 0.497 e. The minimum atomic E-state index is 0. The van der Waals surface area contributed by atoms with E-state index in [9.17, 15) is 0 Å². The van der Waals surface area contributed by atoms with Crippen LogP contribution in [0.25, 0.3) is 0 Å². The van der Waals surface area contributed by atoms with Crippen LogP contribution in [0.15, 0.2) is 29.3 Å². The summed E-state index contributed by atoms with van der Waals surface area (Å²) in [6, 6.07) is 8.62. The number of nitrogens with one attached hydrogen (secondary N) is 2. The number of nitrogens with zero attached hydrogens (tertiary/aromatic N) is 2. The lowest BCUT2D eigenvalue weighted by molar-refractivity contribution is 0.0220. The number of methoxy groups -OCH3 is 1. The third-order valence-electron chi connectivity index (χ3n) is 4.37. The molecule has 6 nitrogen and oxygen atoms in total. The highest BCUT2D eigenvalue weighted by Crippen LogP contribution is 2.12. The number of guanidine groups is 1. The molecule has 1 aliphatic heterocycles. The molecule has 2 rings (SSSR count). The smallest absolute Gasteiger partial charge is 0.191 e. The fraction of sp³-hybridized carbons (Fsp3) is 0.632. The van der Waals surface area contributed by atoms with Gasteiger partial charge in [-0.25, -0.2) is 0 Å². The molecule has 0 aliphatic carbocycles. The normalized spacial score (nSPS) is 16.5. The van der Waals surface area contributed by atoms with Gasteiger partial charge in [0, 0.05) is 32.2 Å². The Morgan fingerprint density at radius 1 is 1.31 bits per heavy atom. The molecule has 0 saturated carbocycles. The Morgan fingerprint density at radius 3 is 2.77 bits per heavy atom. The summed E-state index contributed by atoms with van der Waals surface area (Å²) >= 11 is 0. The van der Waals surface area contributed by atoms with Gasteiger partial charge in [-0.1, -0.05) is 12.1 Å². The van der Waals surface area contributed by atoms with Gasteiger partial charge in [-0.05, 0) is 38.0 Å². The first-order valence-electron chi connectivity index (χ1n) is 9.19. The average Bonchev–Trinajstić information content (AvgIpc) is 2.66. The van der Waals surface area contributed by atoms with Gasteiger partial charge in [-0.15, -0.1) is 24.0 Å². The van der Waals surface area contributed by atoms with Gasteiger partial charge >= 0.3 is 0 Å². The summed E-state index contributed by atoms with van der Waals surface area (Å²) in [5, 5.41) is 6.74. The molecule has 1 fully saturated rings. The molecule has 1 saturated heterocycles. The van der Waals surface area contributed by atoms with Gasteiger partial charge in [-0.3, -0.25) is 9.89 Å². The zero-order chi connectivity index (χ0) is 17.9. The fourth-order valence-corrected chi connectivity index (χ4v) is 2.85. The van der Waals surface area contributed by atoms with E-state index < -0.39 is 0 Å². The summed E-state index contributed by atoms with van der Waals surface area (Å²) < 4.78 is 10.7. The molecule has 0 radical (unpaired) electrons. The number of rotatable bonds is 8. The van der Waals surface area contributed by atoms with E-state index in [2.05, 4.69) is 41.5 Å². The highest BCUT2D eigenvalue weighted by Gasteiger charge is 2.16. The van der Waals surface area contributed by atoms with Gasteiger partial charge in [-0.2, -0.15) is 0 Å². The van der Waals surface area contributed by atoms with Crippen molar-refractivity contribution in [3.63, 3.8) is 0 Å². The number of benzene rings is 1. The second kappa shape index (κ2) is 13.2. The Morgan fingerprint density at radius 2 is 2.08 bits per heavy atom. The van der Waals surface area contributed by atoms with Gasteiger partial charge in [0.25, 0.3) is 0 Å². The predicted octanol–water partition coefficient (Wildman–Crippen LogP) is 2.13. The molecule has 1 atom stereocenters. The first-order chi connectivity index (χ1) is 12.2. The van der Waals surface area contributed by atoms with Crippen molar-refractivity contribution in [2.75, 3.05) is 53.0 Å². The van der Waals surface area contributed by atoms with Crippen LogP contribution in [0.3, 0.4) is 0 Å². The van der Waals surface area contributed by atoms with E-state index in [-0.39, 0.29) is 24.0 Å². The Labute approximate surface area is 174 Å². The molecule has 1 unspecified atom stereocenters. The van der Waals surface area contributed by atoms with E-state index in [1.54, 1.807) is 7.11 Å². The van der Waals surface area contributed by atoms with Gasteiger partial charge < -0.3 is 20.1 Å². The van der Waals surface area contributed by atoms with Crippen molar-refractivity contribution in [1.82, 2.24) is 15.5 Å². The van der Waals surface area contributed by atoms with Crippen molar-refractivity contribution in [2.24, 2.45) is 4.99 Å². The number of aliphatic imine (C=N–C) groups is 1. The third-order valence-corrected chi connectivity index (χ3v) is 4.37. The van der Waals surface area contributed by atoms with Crippen LogP contribution in [-0.4, -0.2) is 69.9 Å². The van der Waals surface area contributed by atoms with E-state index in [1.165, 1.54) is 5.56 Å². The number of morpholine rings is 1. The number of hydrogen-bond acceptors (Lipinski definition) is 4. The number of hydrogen-bond donors (Lipinski definition) is 2. The number of halogens is 1. The lowest BCUT2D eigenvalue weighted by atomic mass is 10.1. The van der Waals surface area contributed by atoms with Crippen molar-refractivity contribution < 1.29 is 9.47 Å². The zero-order valence-electron chi connectivity index (χ0n) is 16.2. The van der Waals surface area contributed by atoms with Crippen LogP contribution in [0, 0.1) is 0 Å². The molecule has 7 heteroatoms. The second-order valence-electron chi connectivity index (χ2n) is 6.25. The molecular weight excluding hydrogens is 443 g/mol. The van der Waals surface area contributed by atoms with Crippen LogP contribution in [0.2, 0.25) is 0 Å². The Bertz CT molecular complexity index is 536. The minimum Gasteiger partial charge on any atom is -0.497 e. The third kappa shape index (κ3) is 8.09. The van der Waals surface area contributed by atoms with Gasteiger partial charge in [0.1, 0.15) is 5.75 Å². The molecule has 0 spiro atoms. The molecule has 2 N–H and O–H groups in total. The van der Waals surface area contributed by atoms with E-state index in [4.69, 9.17) is 14.5 Å². The molecule has 148 valence electrons. The maximum atomic E-state index is 5.41. The van der Waals surface area contributed by atoms with Crippen LogP contribution >= 0.6 is 24.0 Å². The van der Waals surface area contributed by atoms with Crippen LogP contribution in [0.5, 0.6) is 5.75 Å². The lowest BCUT2D eigenvalue weighted by Gasteiger charge is -2.31. The summed E-state index contributed by atoms with van der Waals surface area (Å²) in [6.07, 6.45) is 0.931. The maximum absolute atomic E-state index is 5.41. The topological polar surface area (TPSA) is 58.1 Å². The van der Waals surface area contributed by atoms with Crippen LogP contribution in [-0.2, 0) is 11.2 Å². The lowest BCUT2D eigenvalue weighted by Crippen LogP contribution is -2.44. The summed E-state index contributed by atoms with van der Waals surface area (Å²) in [6.45, 7) is 10.4. The monoisotopic (exact) mass is 476 g/mol. The van der Waals surface area contributed by atoms with Crippen LogP contribution in [0.4, 0.5) is 0 Å².